The summed E-state index contributed by atoms with van der Waals surface area (Å²) in [7, 11) is -1.98. The average molecular weight is 315 g/mol. The summed E-state index contributed by atoms with van der Waals surface area (Å²) in [6.07, 6.45) is 2.31. The Hall–Kier alpha value is -0.850. The Labute approximate surface area is 125 Å². The summed E-state index contributed by atoms with van der Waals surface area (Å²) in [5.74, 6) is 0.672. The zero-order valence-electron chi connectivity index (χ0n) is 12.3. The van der Waals surface area contributed by atoms with Gasteiger partial charge in [0.2, 0.25) is 10.0 Å². The summed E-state index contributed by atoms with van der Waals surface area (Å²) in [6, 6.07) is 6.16. The molecule has 1 aromatic rings. The molecule has 0 amide bonds. The van der Waals surface area contributed by atoms with Crippen LogP contribution in [0.15, 0.2) is 29.2 Å². The number of carbonyl (C=O) groups excluding carboxylic acids is 1. The summed E-state index contributed by atoms with van der Waals surface area (Å²) < 4.78 is 26.4. The molecule has 0 aliphatic carbocycles. The van der Waals surface area contributed by atoms with Crippen LogP contribution in [-0.2, 0) is 10.0 Å². The van der Waals surface area contributed by atoms with Crippen molar-refractivity contribution in [3.63, 3.8) is 0 Å². The highest BCUT2D eigenvalue weighted by molar-refractivity contribution is 7.98. The van der Waals surface area contributed by atoms with Gasteiger partial charge >= 0.3 is 0 Å². The van der Waals surface area contributed by atoms with Crippen LogP contribution < -0.4 is 0 Å². The molecule has 112 valence electrons. The van der Waals surface area contributed by atoms with Crippen molar-refractivity contribution < 1.29 is 13.2 Å². The normalized spacial score (nSPS) is 13.4. The number of carbonyl (C=O) groups is 1. The van der Waals surface area contributed by atoms with Gasteiger partial charge in [0.15, 0.2) is 5.78 Å². The number of ketones is 1. The molecule has 0 bridgehead atoms. The quantitative estimate of drug-likeness (QED) is 0.726. The zero-order chi connectivity index (χ0) is 15.3. The first-order valence-electron chi connectivity index (χ1n) is 6.44. The Kier molecular flexibility index (Phi) is 6.23. The number of hydrogen-bond donors (Lipinski definition) is 0. The summed E-state index contributed by atoms with van der Waals surface area (Å²) >= 11 is 1.60. The number of hydrogen-bond acceptors (Lipinski definition) is 4. The number of sulfonamides is 1. The maximum Gasteiger partial charge on any atom is 0.243 e. The van der Waals surface area contributed by atoms with E-state index in [1.54, 1.807) is 37.9 Å². The third-order valence-corrected chi connectivity index (χ3v) is 5.97. The van der Waals surface area contributed by atoms with Gasteiger partial charge in [-0.25, -0.2) is 8.42 Å². The lowest BCUT2D eigenvalue weighted by Gasteiger charge is -2.23. The number of rotatable bonds is 7. The van der Waals surface area contributed by atoms with Gasteiger partial charge in [0.05, 0.1) is 4.90 Å². The molecule has 4 nitrogen and oxygen atoms in total. The van der Waals surface area contributed by atoms with Crippen LogP contribution in [0.4, 0.5) is 0 Å². The van der Waals surface area contributed by atoms with Crippen LogP contribution in [0.1, 0.15) is 30.6 Å². The fraction of sp³-hybridized carbons (Fsp3) is 0.500. The first kappa shape index (κ1) is 17.2. The van der Waals surface area contributed by atoms with Crippen molar-refractivity contribution in [2.24, 2.45) is 0 Å². The van der Waals surface area contributed by atoms with Crippen molar-refractivity contribution in [2.75, 3.05) is 19.1 Å². The van der Waals surface area contributed by atoms with Crippen LogP contribution in [0.25, 0.3) is 0 Å². The highest BCUT2D eigenvalue weighted by Gasteiger charge is 2.25. The van der Waals surface area contributed by atoms with Crippen molar-refractivity contribution in [3.05, 3.63) is 29.8 Å². The van der Waals surface area contributed by atoms with Crippen LogP contribution in [0.2, 0.25) is 0 Å². The van der Waals surface area contributed by atoms with Crippen molar-refractivity contribution in [2.45, 2.75) is 31.2 Å². The van der Waals surface area contributed by atoms with Gasteiger partial charge in [0.25, 0.3) is 0 Å². The van der Waals surface area contributed by atoms with Crippen molar-refractivity contribution in [1.82, 2.24) is 4.31 Å². The molecule has 0 saturated heterocycles. The fourth-order valence-corrected chi connectivity index (χ4v) is 3.99. The van der Waals surface area contributed by atoms with Gasteiger partial charge in [-0.2, -0.15) is 16.1 Å². The molecule has 0 aliphatic heterocycles. The summed E-state index contributed by atoms with van der Waals surface area (Å²) in [4.78, 5) is 11.9. The lowest BCUT2D eigenvalue weighted by atomic mass is 10.1. The molecule has 0 spiro atoms. The number of nitrogens with zero attached hydrogens (tertiary/aromatic N) is 1. The van der Waals surface area contributed by atoms with Gasteiger partial charge in [-0.15, -0.1) is 0 Å². The third-order valence-electron chi connectivity index (χ3n) is 3.18. The van der Waals surface area contributed by atoms with E-state index in [-0.39, 0.29) is 16.7 Å². The zero-order valence-corrected chi connectivity index (χ0v) is 13.9. The molecule has 1 unspecified atom stereocenters. The van der Waals surface area contributed by atoms with E-state index >= 15 is 0 Å². The highest BCUT2D eigenvalue weighted by atomic mass is 32.2. The smallest absolute Gasteiger partial charge is 0.243 e. The highest BCUT2D eigenvalue weighted by Crippen LogP contribution is 2.19. The standard InChI is InChI=1S/C14H21NO3S2/c1-5-14(16)12-7-6-8-13(9-12)20(17,18)15(3)11(2)10-19-4/h6-9,11H,5,10H2,1-4H3. The largest absolute Gasteiger partial charge is 0.294 e. The molecule has 6 heteroatoms. The monoisotopic (exact) mass is 315 g/mol. The van der Waals surface area contributed by atoms with E-state index in [0.717, 1.165) is 5.75 Å². The Morgan fingerprint density at radius 1 is 1.40 bits per heavy atom. The molecule has 0 N–H and O–H groups in total. The minimum atomic E-state index is -3.56. The van der Waals surface area contributed by atoms with E-state index in [4.69, 9.17) is 0 Å². The molecule has 0 aliphatic rings. The molecular weight excluding hydrogens is 294 g/mol. The molecule has 20 heavy (non-hydrogen) atoms. The molecule has 1 atom stereocenters. The van der Waals surface area contributed by atoms with E-state index < -0.39 is 10.0 Å². The van der Waals surface area contributed by atoms with E-state index in [1.807, 2.05) is 13.2 Å². The first-order valence-corrected chi connectivity index (χ1v) is 9.28. The van der Waals surface area contributed by atoms with Crippen molar-refractivity contribution >= 4 is 27.6 Å². The third kappa shape index (κ3) is 3.84. The topological polar surface area (TPSA) is 54.5 Å². The summed E-state index contributed by atoms with van der Waals surface area (Å²) in [5.41, 5.74) is 0.444. The molecule has 0 radical (unpaired) electrons. The van der Waals surface area contributed by atoms with Crippen molar-refractivity contribution in [1.29, 1.82) is 0 Å². The van der Waals surface area contributed by atoms with Crippen LogP contribution in [-0.4, -0.2) is 43.6 Å². The Morgan fingerprint density at radius 2 is 2.05 bits per heavy atom. The predicted molar refractivity (Wildman–Crippen MR) is 83.9 cm³/mol. The molecule has 0 saturated carbocycles. The van der Waals surface area contributed by atoms with Gasteiger partial charge in [-0.05, 0) is 25.3 Å². The SMILES string of the molecule is CCC(=O)c1cccc(S(=O)(=O)N(C)C(C)CSC)c1. The van der Waals surface area contributed by atoms with Crippen LogP contribution in [0.3, 0.4) is 0 Å². The van der Waals surface area contributed by atoms with Crippen LogP contribution in [0, 0.1) is 0 Å². The molecule has 1 rings (SSSR count). The second-order valence-electron chi connectivity index (χ2n) is 4.63. The molecular formula is C14H21NO3S2. The van der Waals surface area contributed by atoms with E-state index in [9.17, 15) is 13.2 Å². The number of benzene rings is 1. The fourth-order valence-electron chi connectivity index (χ4n) is 1.78. The number of thioether (sulfide) groups is 1. The molecule has 0 aromatic heterocycles. The number of Topliss-reactive ketones (excluding diaryl/α,β-unsaturated/α-hetero) is 1. The van der Waals surface area contributed by atoms with Crippen molar-refractivity contribution in [3.8, 4) is 0 Å². The van der Waals surface area contributed by atoms with Gasteiger partial charge in [-0.3, -0.25) is 4.79 Å². The van der Waals surface area contributed by atoms with Crippen LogP contribution in [0.5, 0.6) is 0 Å². The second kappa shape index (κ2) is 7.24. The minimum absolute atomic E-state index is 0.0538. The lowest BCUT2D eigenvalue weighted by Crippen LogP contribution is -2.36. The second-order valence-corrected chi connectivity index (χ2v) is 7.54. The average Bonchev–Trinajstić information content (AvgIpc) is 2.45. The Bertz CT molecular complexity index is 570. The van der Waals surface area contributed by atoms with Gasteiger partial charge in [0, 0.05) is 30.8 Å². The summed E-state index contributed by atoms with van der Waals surface area (Å²) in [6.45, 7) is 3.63. The molecule has 1 aromatic carbocycles. The van der Waals surface area contributed by atoms with E-state index in [2.05, 4.69) is 0 Å². The molecule has 0 fully saturated rings. The Balaban J connectivity index is 3.12. The first-order chi connectivity index (χ1) is 9.34. The molecule has 0 heterocycles. The van der Waals surface area contributed by atoms with E-state index in [0.29, 0.717) is 12.0 Å². The van der Waals surface area contributed by atoms with Gasteiger partial charge in [0.1, 0.15) is 0 Å². The lowest BCUT2D eigenvalue weighted by molar-refractivity contribution is 0.0988. The predicted octanol–water partition coefficient (Wildman–Crippen LogP) is 2.65. The maximum absolute atomic E-state index is 12.5. The van der Waals surface area contributed by atoms with Gasteiger partial charge < -0.3 is 0 Å². The van der Waals surface area contributed by atoms with Gasteiger partial charge in [-0.1, -0.05) is 19.1 Å². The summed E-state index contributed by atoms with van der Waals surface area (Å²) in [5, 5.41) is 0. The minimum Gasteiger partial charge on any atom is -0.294 e. The Morgan fingerprint density at radius 3 is 2.60 bits per heavy atom. The van der Waals surface area contributed by atoms with E-state index in [1.165, 1.54) is 16.4 Å². The maximum atomic E-state index is 12.5. The van der Waals surface area contributed by atoms with Crippen LogP contribution >= 0.6 is 11.8 Å².